The number of rotatable bonds is 7. The number of hydrogen-bond donors (Lipinski definition) is 2. The van der Waals surface area contributed by atoms with E-state index in [0.29, 0.717) is 18.6 Å². The first kappa shape index (κ1) is 14.9. The number of carbonyl (C=O) groups is 1. The average Bonchev–Trinajstić information content (AvgIpc) is 3.26. The number of nitrogens with one attached hydrogen (secondary N) is 1. The summed E-state index contributed by atoms with van der Waals surface area (Å²) in [6.45, 7) is 0.207. The van der Waals surface area contributed by atoms with Gasteiger partial charge in [-0.2, -0.15) is 0 Å². The molecule has 1 aliphatic rings. The normalized spacial score (nSPS) is 17.0. The summed E-state index contributed by atoms with van der Waals surface area (Å²) in [5, 5.41) is 13.7. The first-order chi connectivity index (χ1) is 10.7. The predicted octanol–water partition coefficient (Wildman–Crippen LogP) is 2.63. The van der Waals surface area contributed by atoms with E-state index in [2.05, 4.69) is 5.32 Å². The molecule has 116 valence electrons. The van der Waals surface area contributed by atoms with Gasteiger partial charge in [-0.1, -0.05) is 30.3 Å². The van der Waals surface area contributed by atoms with Gasteiger partial charge in [0.05, 0.1) is 12.8 Å². The van der Waals surface area contributed by atoms with E-state index in [9.17, 15) is 9.90 Å². The van der Waals surface area contributed by atoms with Crippen LogP contribution in [0.3, 0.4) is 0 Å². The molecule has 1 fully saturated rings. The van der Waals surface area contributed by atoms with E-state index >= 15 is 0 Å². The Kier molecular flexibility index (Phi) is 4.29. The lowest BCUT2D eigenvalue weighted by Crippen LogP contribution is -2.42. The Balaban J connectivity index is 1.53. The van der Waals surface area contributed by atoms with E-state index in [1.165, 1.54) is 0 Å². The minimum absolute atomic E-state index is 0.0468. The van der Waals surface area contributed by atoms with Gasteiger partial charge < -0.3 is 14.8 Å². The maximum Gasteiger partial charge on any atom is 0.220 e. The number of benzene rings is 1. The first-order valence-electron chi connectivity index (χ1n) is 7.75. The summed E-state index contributed by atoms with van der Waals surface area (Å²) in [4.78, 5) is 12.0. The molecule has 1 aromatic carbocycles. The highest BCUT2D eigenvalue weighted by molar-refractivity contribution is 5.76. The number of hydrogen-bond acceptors (Lipinski definition) is 3. The lowest BCUT2D eigenvalue weighted by atomic mass is 9.94. The summed E-state index contributed by atoms with van der Waals surface area (Å²) in [5.74, 6) is 0.668. The van der Waals surface area contributed by atoms with Gasteiger partial charge in [-0.3, -0.25) is 4.79 Å². The second kappa shape index (κ2) is 6.36. The molecule has 0 radical (unpaired) electrons. The van der Waals surface area contributed by atoms with Gasteiger partial charge in [0.25, 0.3) is 0 Å². The van der Waals surface area contributed by atoms with Crippen LogP contribution in [0.2, 0.25) is 0 Å². The molecule has 0 saturated heterocycles. The van der Waals surface area contributed by atoms with Crippen molar-refractivity contribution < 1.29 is 14.3 Å². The molecular weight excluding hydrogens is 278 g/mol. The molecule has 0 bridgehead atoms. The third-order valence-corrected chi connectivity index (χ3v) is 4.24. The van der Waals surface area contributed by atoms with E-state index in [-0.39, 0.29) is 18.4 Å². The van der Waals surface area contributed by atoms with Crippen LogP contribution >= 0.6 is 0 Å². The second-order valence-corrected chi connectivity index (χ2v) is 5.94. The zero-order chi connectivity index (χ0) is 15.4. The molecule has 4 heteroatoms. The summed E-state index contributed by atoms with van der Waals surface area (Å²) < 4.78 is 5.36. The number of aliphatic hydroxyl groups is 1. The van der Waals surface area contributed by atoms with E-state index in [4.69, 9.17) is 4.42 Å². The summed E-state index contributed by atoms with van der Waals surface area (Å²) in [6, 6.07) is 13.5. The van der Waals surface area contributed by atoms with Crippen molar-refractivity contribution in [2.75, 3.05) is 6.54 Å². The second-order valence-electron chi connectivity index (χ2n) is 5.94. The molecule has 1 saturated carbocycles. The van der Waals surface area contributed by atoms with Gasteiger partial charge in [0.15, 0.2) is 0 Å². The highest BCUT2D eigenvalue weighted by Crippen LogP contribution is 2.45. The van der Waals surface area contributed by atoms with Crippen LogP contribution in [-0.4, -0.2) is 17.6 Å². The molecule has 22 heavy (non-hydrogen) atoms. The predicted molar refractivity (Wildman–Crippen MR) is 83.1 cm³/mol. The minimum Gasteiger partial charge on any atom is -0.466 e. The van der Waals surface area contributed by atoms with Crippen molar-refractivity contribution >= 4 is 5.91 Å². The van der Waals surface area contributed by atoms with Gasteiger partial charge in [0.2, 0.25) is 5.91 Å². The van der Waals surface area contributed by atoms with Crippen molar-refractivity contribution in [3.63, 3.8) is 0 Å². The minimum atomic E-state index is -1.08. The fourth-order valence-corrected chi connectivity index (χ4v) is 2.74. The number of aryl methyl sites for hydroxylation is 1. The molecular formula is C18H21NO3. The molecule has 1 amide bonds. The molecule has 0 aliphatic heterocycles. The molecule has 1 heterocycles. The van der Waals surface area contributed by atoms with Crippen molar-refractivity contribution in [1.82, 2.24) is 5.32 Å². The van der Waals surface area contributed by atoms with Crippen molar-refractivity contribution in [3.05, 3.63) is 60.1 Å². The van der Waals surface area contributed by atoms with Crippen molar-refractivity contribution in [1.29, 1.82) is 0 Å². The highest BCUT2D eigenvalue weighted by Gasteiger charge is 2.47. The fourth-order valence-electron chi connectivity index (χ4n) is 2.74. The lowest BCUT2D eigenvalue weighted by Gasteiger charge is -2.26. The third kappa shape index (κ3) is 3.39. The first-order valence-corrected chi connectivity index (χ1v) is 7.75. The number of furan rings is 1. The maximum atomic E-state index is 12.0. The quantitative estimate of drug-likeness (QED) is 0.826. The summed E-state index contributed by atoms with van der Waals surface area (Å²) >= 11 is 0. The topological polar surface area (TPSA) is 62.5 Å². The smallest absolute Gasteiger partial charge is 0.220 e. The van der Waals surface area contributed by atoms with Crippen LogP contribution in [0.5, 0.6) is 0 Å². The molecule has 1 atom stereocenters. The molecule has 4 nitrogen and oxygen atoms in total. The zero-order valence-corrected chi connectivity index (χ0v) is 12.5. The number of carbonyl (C=O) groups excluding carboxylic acids is 1. The van der Waals surface area contributed by atoms with Crippen LogP contribution in [0, 0.1) is 5.92 Å². The maximum absolute atomic E-state index is 12.0. The standard InChI is InChI=1S/C18H21NO3/c20-17(11-8-14-5-2-1-3-6-14)19-13-18(21,15-9-10-15)16-7-4-12-22-16/h1-7,12,15,21H,8-11,13H2,(H,19,20). The van der Waals surface area contributed by atoms with Crippen LogP contribution < -0.4 is 5.32 Å². The van der Waals surface area contributed by atoms with Crippen LogP contribution in [0.1, 0.15) is 30.6 Å². The molecule has 3 rings (SSSR count). The fraction of sp³-hybridized carbons (Fsp3) is 0.389. The van der Waals surface area contributed by atoms with Gasteiger partial charge in [-0.15, -0.1) is 0 Å². The third-order valence-electron chi connectivity index (χ3n) is 4.24. The Morgan fingerprint density at radius 1 is 1.23 bits per heavy atom. The van der Waals surface area contributed by atoms with Crippen LogP contribution in [-0.2, 0) is 16.8 Å². The van der Waals surface area contributed by atoms with E-state index < -0.39 is 5.60 Å². The molecule has 1 unspecified atom stereocenters. The molecule has 2 N–H and O–H groups in total. The molecule has 0 spiro atoms. The Bertz CT molecular complexity index is 605. The molecule has 1 aliphatic carbocycles. The van der Waals surface area contributed by atoms with Crippen molar-refractivity contribution in [2.45, 2.75) is 31.3 Å². The SMILES string of the molecule is O=C(CCc1ccccc1)NCC(O)(c1ccco1)C1CC1. The van der Waals surface area contributed by atoms with Crippen LogP contribution in [0.25, 0.3) is 0 Å². The van der Waals surface area contributed by atoms with Gasteiger partial charge in [-0.05, 0) is 42.9 Å². The van der Waals surface area contributed by atoms with Gasteiger partial charge in [0.1, 0.15) is 11.4 Å². The van der Waals surface area contributed by atoms with Crippen molar-refractivity contribution in [3.8, 4) is 0 Å². The van der Waals surface area contributed by atoms with Crippen LogP contribution in [0.4, 0.5) is 0 Å². The molecule has 1 aromatic heterocycles. The van der Waals surface area contributed by atoms with Gasteiger partial charge in [-0.25, -0.2) is 0 Å². The van der Waals surface area contributed by atoms with Crippen molar-refractivity contribution in [2.24, 2.45) is 5.92 Å². The van der Waals surface area contributed by atoms with Crippen LogP contribution in [0.15, 0.2) is 53.1 Å². The monoisotopic (exact) mass is 299 g/mol. The zero-order valence-electron chi connectivity index (χ0n) is 12.5. The van der Waals surface area contributed by atoms with Gasteiger partial charge >= 0.3 is 0 Å². The lowest BCUT2D eigenvalue weighted by molar-refractivity contribution is -0.123. The summed E-state index contributed by atoms with van der Waals surface area (Å²) in [5.41, 5.74) is 0.0625. The van der Waals surface area contributed by atoms with E-state index in [0.717, 1.165) is 18.4 Å². The Morgan fingerprint density at radius 2 is 2.00 bits per heavy atom. The Labute approximate surface area is 130 Å². The summed E-state index contributed by atoms with van der Waals surface area (Å²) in [6.07, 6.45) is 4.62. The highest BCUT2D eigenvalue weighted by atomic mass is 16.4. The molecule has 2 aromatic rings. The largest absolute Gasteiger partial charge is 0.466 e. The van der Waals surface area contributed by atoms with Gasteiger partial charge in [0, 0.05) is 6.42 Å². The summed E-state index contributed by atoms with van der Waals surface area (Å²) in [7, 11) is 0. The number of amides is 1. The van der Waals surface area contributed by atoms with E-state index in [1.807, 2.05) is 30.3 Å². The van der Waals surface area contributed by atoms with E-state index in [1.54, 1.807) is 18.4 Å². The Morgan fingerprint density at radius 3 is 2.64 bits per heavy atom. The average molecular weight is 299 g/mol. The Hall–Kier alpha value is -2.07.